The van der Waals surface area contributed by atoms with Crippen molar-refractivity contribution in [2.45, 2.75) is 63.8 Å². The Labute approximate surface area is 310 Å². The van der Waals surface area contributed by atoms with Gasteiger partial charge in [-0.05, 0) is 75.1 Å². The third-order valence-corrected chi connectivity index (χ3v) is 11.4. The van der Waals surface area contributed by atoms with Crippen LogP contribution >= 0.6 is 0 Å². The fourth-order valence-electron chi connectivity index (χ4n) is 8.45. The summed E-state index contributed by atoms with van der Waals surface area (Å²) in [5, 5.41) is 26.5. The zero-order valence-corrected chi connectivity index (χ0v) is 30.2. The number of amides is 4. The highest BCUT2D eigenvalue weighted by Gasteiger charge is 2.40. The molecule has 4 aliphatic rings. The van der Waals surface area contributed by atoms with Crippen LogP contribution in [0.25, 0.3) is 16.6 Å². The molecule has 5 aromatic rings. The Morgan fingerprint density at radius 2 is 1.89 bits per heavy atom. The molecule has 9 rings (SSSR count). The molecule has 1 unspecified atom stereocenters. The van der Waals surface area contributed by atoms with Crippen LogP contribution in [-0.4, -0.2) is 102 Å². The summed E-state index contributed by atoms with van der Waals surface area (Å²) < 4.78 is 3.59. The fraction of sp³-hybridized carbons (Fsp3) is 0.410. The van der Waals surface area contributed by atoms with Crippen molar-refractivity contribution in [1.29, 1.82) is 0 Å². The average Bonchev–Trinajstić information content (AvgIpc) is 3.84. The van der Waals surface area contributed by atoms with Crippen molar-refractivity contribution in [3.63, 3.8) is 0 Å². The Kier molecular flexibility index (Phi) is 8.23. The second-order valence-electron chi connectivity index (χ2n) is 15.6. The number of anilines is 2. The van der Waals surface area contributed by atoms with E-state index < -0.39 is 17.6 Å². The van der Waals surface area contributed by atoms with Crippen molar-refractivity contribution in [1.82, 2.24) is 39.5 Å². The third-order valence-electron chi connectivity index (χ3n) is 11.4. The van der Waals surface area contributed by atoms with Crippen LogP contribution in [0.3, 0.4) is 0 Å². The number of benzene rings is 2. The maximum absolute atomic E-state index is 13.4. The molecule has 3 fully saturated rings. The van der Waals surface area contributed by atoms with E-state index in [1.54, 1.807) is 41.7 Å². The number of aromatic nitrogens is 5. The van der Waals surface area contributed by atoms with Crippen LogP contribution in [0.5, 0.6) is 0 Å². The van der Waals surface area contributed by atoms with E-state index in [0.29, 0.717) is 46.9 Å². The number of rotatable bonds is 8. The first kappa shape index (κ1) is 34.1. The Morgan fingerprint density at radius 3 is 2.67 bits per heavy atom. The number of carbonyl (C=O) groups excluding carboxylic acids is 4. The van der Waals surface area contributed by atoms with E-state index in [0.717, 1.165) is 67.7 Å². The van der Waals surface area contributed by atoms with E-state index in [-0.39, 0.29) is 30.2 Å². The summed E-state index contributed by atoms with van der Waals surface area (Å²) in [6.45, 7) is 8.64. The van der Waals surface area contributed by atoms with Gasteiger partial charge in [0.15, 0.2) is 5.65 Å². The van der Waals surface area contributed by atoms with Gasteiger partial charge in [-0.2, -0.15) is 10.2 Å². The highest BCUT2D eigenvalue weighted by molar-refractivity contribution is 6.09. The minimum absolute atomic E-state index is 0.148. The quantitative estimate of drug-likeness (QED) is 0.202. The first-order chi connectivity index (χ1) is 26.0. The molecular weight excluding hydrogens is 688 g/mol. The molecule has 2 aromatic carbocycles. The second kappa shape index (κ2) is 13.0. The fourth-order valence-corrected chi connectivity index (χ4v) is 8.45. The number of likely N-dealkylation sites (tertiary alicyclic amines) is 1. The normalized spacial score (nSPS) is 20.1. The number of imide groups is 1. The smallest absolute Gasteiger partial charge is 0.261 e. The second-order valence-corrected chi connectivity index (χ2v) is 15.6. The van der Waals surface area contributed by atoms with Gasteiger partial charge in [0.25, 0.3) is 11.8 Å². The van der Waals surface area contributed by atoms with E-state index in [4.69, 9.17) is 5.10 Å². The van der Waals surface area contributed by atoms with Crippen LogP contribution in [0.15, 0.2) is 61.2 Å². The number of hydrogen-bond donors (Lipinski definition) is 3. The largest absolute Gasteiger partial charge is 0.386 e. The molecular formula is C39H42N10O5. The Bertz CT molecular complexity index is 2330. The van der Waals surface area contributed by atoms with Crippen molar-refractivity contribution in [2.75, 3.05) is 42.9 Å². The van der Waals surface area contributed by atoms with Crippen LogP contribution in [0, 0.1) is 5.92 Å². The lowest BCUT2D eigenvalue weighted by Crippen LogP contribution is -2.52. The van der Waals surface area contributed by atoms with Crippen molar-refractivity contribution < 1.29 is 24.3 Å². The molecule has 0 spiro atoms. The summed E-state index contributed by atoms with van der Waals surface area (Å²) in [5.41, 5.74) is 4.08. The summed E-state index contributed by atoms with van der Waals surface area (Å²) >= 11 is 0. The predicted molar refractivity (Wildman–Crippen MR) is 199 cm³/mol. The maximum atomic E-state index is 13.4. The lowest BCUT2D eigenvalue weighted by atomic mass is 9.95. The molecule has 1 atom stereocenters. The van der Waals surface area contributed by atoms with Gasteiger partial charge in [0.05, 0.1) is 23.4 Å². The van der Waals surface area contributed by atoms with Crippen molar-refractivity contribution >= 4 is 51.6 Å². The van der Waals surface area contributed by atoms with Crippen molar-refractivity contribution in [3.05, 3.63) is 83.4 Å². The summed E-state index contributed by atoms with van der Waals surface area (Å²) in [4.78, 5) is 61.3. The van der Waals surface area contributed by atoms with E-state index in [1.165, 1.54) is 6.20 Å². The SMILES string of the molecule is CC(C)(O)c1cc2nn(C3CCN(CC4CN(c5ccc6c(c5)CN(C5CCC(=O)NC5=O)C6=O)C4)CC3)cc2cc1NC(=O)c1cnn2cccnc12. The monoisotopic (exact) mass is 730 g/mol. The van der Waals surface area contributed by atoms with Crippen LogP contribution in [0.4, 0.5) is 11.4 Å². The molecule has 0 bridgehead atoms. The molecule has 3 aromatic heterocycles. The van der Waals surface area contributed by atoms with Gasteiger partial charge in [-0.15, -0.1) is 0 Å². The summed E-state index contributed by atoms with van der Waals surface area (Å²) in [5.74, 6) is -0.632. The summed E-state index contributed by atoms with van der Waals surface area (Å²) in [6.07, 6.45) is 9.42. The molecule has 4 aliphatic heterocycles. The van der Waals surface area contributed by atoms with Crippen LogP contribution in [0.2, 0.25) is 0 Å². The Balaban J connectivity index is 0.805. The molecule has 3 saturated heterocycles. The number of nitrogens with zero attached hydrogens (tertiary/aromatic N) is 8. The van der Waals surface area contributed by atoms with E-state index in [9.17, 15) is 24.3 Å². The van der Waals surface area contributed by atoms with Gasteiger partial charge in [0.1, 0.15) is 11.6 Å². The zero-order chi connectivity index (χ0) is 37.3. The lowest BCUT2D eigenvalue weighted by molar-refractivity contribution is -0.136. The van der Waals surface area contributed by atoms with Crippen LogP contribution in [0.1, 0.15) is 77.4 Å². The predicted octanol–water partition coefficient (Wildman–Crippen LogP) is 3.09. The maximum Gasteiger partial charge on any atom is 0.261 e. The van der Waals surface area contributed by atoms with Crippen LogP contribution < -0.4 is 15.5 Å². The van der Waals surface area contributed by atoms with Crippen molar-refractivity contribution in [2.24, 2.45) is 5.92 Å². The van der Waals surface area contributed by atoms with Gasteiger partial charge in [-0.25, -0.2) is 9.50 Å². The van der Waals surface area contributed by atoms with Gasteiger partial charge in [-0.1, -0.05) is 0 Å². The minimum atomic E-state index is -1.22. The number of nitrogens with one attached hydrogen (secondary N) is 2. The molecule has 7 heterocycles. The number of fused-ring (bicyclic) bond motifs is 3. The zero-order valence-electron chi connectivity index (χ0n) is 30.2. The first-order valence-corrected chi connectivity index (χ1v) is 18.6. The molecule has 0 radical (unpaired) electrons. The molecule has 15 heteroatoms. The van der Waals surface area contributed by atoms with Crippen molar-refractivity contribution in [3.8, 4) is 0 Å². The van der Waals surface area contributed by atoms with E-state index in [2.05, 4.69) is 36.6 Å². The number of piperidine rings is 2. The average molecular weight is 731 g/mol. The van der Waals surface area contributed by atoms with Gasteiger partial charge < -0.3 is 25.1 Å². The van der Waals surface area contributed by atoms with E-state index >= 15 is 0 Å². The lowest BCUT2D eigenvalue weighted by Gasteiger charge is -2.44. The standard InChI is InChI=1S/C39H42N10O5/c1-39(2,54)30-16-31-25(15-32(30)42-36(51)29-17-41-48-11-3-10-40-35(29)48)22-49(44-31)26-8-12-45(13-9-26)18-23-19-46(20-23)27-4-5-28-24(14-27)21-47(38(28)53)33-6-7-34(50)43-37(33)52/h3-5,10-11,14-17,22-23,26,33,54H,6-9,12-13,18-21H2,1-2H3,(H,42,51)(H,43,50,52). The first-order valence-electron chi connectivity index (χ1n) is 18.6. The highest BCUT2D eigenvalue weighted by atomic mass is 16.3. The topological polar surface area (TPSA) is 170 Å². The van der Waals surface area contributed by atoms with Gasteiger partial charge >= 0.3 is 0 Å². The molecule has 3 N–H and O–H groups in total. The third kappa shape index (κ3) is 6.16. The molecule has 54 heavy (non-hydrogen) atoms. The van der Waals surface area contributed by atoms with Gasteiger partial charge in [0.2, 0.25) is 11.8 Å². The molecule has 0 aliphatic carbocycles. The number of carbonyl (C=O) groups is 4. The molecule has 278 valence electrons. The molecule has 15 nitrogen and oxygen atoms in total. The summed E-state index contributed by atoms with van der Waals surface area (Å²) in [6, 6.07) is 11.1. The van der Waals surface area contributed by atoms with E-state index in [1.807, 2.05) is 35.1 Å². The Morgan fingerprint density at radius 1 is 1.07 bits per heavy atom. The van der Waals surface area contributed by atoms with Gasteiger partial charge in [0, 0.05) is 98.1 Å². The summed E-state index contributed by atoms with van der Waals surface area (Å²) in [7, 11) is 0. The highest BCUT2D eigenvalue weighted by Crippen LogP contribution is 2.36. The number of aliphatic hydroxyl groups is 1. The minimum Gasteiger partial charge on any atom is -0.386 e. The van der Waals surface area contributed by atoms with Gasteiger partial charge in [-0.3, -0.25) is 29.2 Å². The molecule has 0 saturated carbocycles. The Hall–Kier alpha value is -5.67. The van der Waals surface area contributed by atoms with Crippen LogP contribution in [-0.2, 0) is 21.7 Å². The molecule has 4 amide bonds. The number of hydrogen-bond acceptors (Lipinski definition) is 10.